The van der Waals surface area contributed by atoms with Crippen molar-refractivity contribution in [2.24, 2.45) is 0 Å². The number of urea groups is 1. The van der Waals surface area contributed by atoms with Gasteiger partial charge in [-0.1, -0.05) is 0 Å². The van der Waals surface area contributed by atoms with E-state index in [1.165, 1.54) is 30.5 Å². The molecule has 2 aromatic heterocycles. The molecule has 3 heterocycles. The Morgan fingerprint density at radius 3 is 2.66 bits per heavy atom. The fraction of sp³-hybridized carbons (Fsp3) is 0.167. The van der Waals surface area contributed by atoms with Crippen molar-refractivity contribution in [3.63, 3.8) is 0 Å². The van der Waals surface area contributed by atoms with Gasteiger partial charge in [0.15, 0.2) is 11.4 Å². The van der Waals surface area contributed by atoms with Crippen LogP contribution in [0.25, 0.3) is 0 Å². The van der Waals surface area contributed by atoms with Crippen LogP contribution < -0.4 is 16.4 Å². The van der Waals surface area contributed by atoms with E-state index in [4.69, 9.17) is 10.2 Å². The summed E-state index contributed by atoms with van der Waals surface area (Å²) in [4.78, 5) is 38.4. The summed E-state index contributed by atoms with van der Waals surface area (Å²) in [5.74, 6) is -0.476. The molecule has 0 radical (unpaired) electrons. The van der Waals surface area contributed by atoms with Crippen LogP contribution in [0.1, 0.15) is 18.5 Å². The Balaban J connectivity index is 1.56. The summed E-state index contributed by atoms with van der Waals surface area (Å²) in [6.07, 6.45) is 1.42. The van der Waals surface area contributed by atoms with Crippen molar-refractivity contribution in [1.82, 2.24) is 25.2 Å². The zero-order valence-electron chi connectivity index (χ0n) is 15.2. The number of nitrogens with two attached hydrogens (primary N) is 1. The number of imide groups is 1. The number of nitrogens with one attached hydrogen (secondary N) is 2. The summed E-state index contributed by atoms with van der Waals surface area (Å²) in [5, 5.41) is 5.49. The highest BCUT2D eigenvalue weighted by molar-refractivity contribution is 6.06. The summed E-state index contributed by atoms with van der Waals surface area (Å²) in [6.45, 7) is 1.33. The predicted molar refractivity (Wildman–Crippen MR) is 99.1 cm³/mol. The number of anilines is 3. The van der Waals surface area contributed by atoms with Gasteiger partial charge in [-0.05, 0) is 43.3 Å². The number of hydrogen-bond acceptors (Lipinski definition) is 8. The molecule has 1 saturated heterocycles. The van der Waals surface area contributed by atoms with Gasteiger partial charge in [-0.2, -0.15) is 15.0 Å². The third kappa shape index (κ3) is 3.45. The van der Waals surface area contributed by atoms with E-state index in [1.54, 1.807) is 19.1 Å². The minimum absolute atomic E-state index is 0.0968. The van der Waals surface area contributed by atoms with Gasteiger partial charge in [-0.3, -0.25) is 9.69 Å². The van der Waals surface area contributed by atoms with Crippen molar-refractivity contribution in [3.05, 3.63) is 60.1 Å². The molecule has 4 N–H and O–H groups in total. The van der Waals surface area contributed by atoms with Crippen LogP contribution in [0.2, 0.25) is 0 Å². The topological polar surface area (TPSA) is 139 Å². The number of benzene rings is 1. The van der Waals surface area contributed by atoms with Gasteiger partial charge in [0.25, 0.3) is 5.91 Å². The van der Waals surface area contributed by atoms with Gasteiger partial charge in [0.2, 0.25) is 11.9 Å². The molecule has 0 aliphatic carbocycles. The van der Waals surface area contributed by atoms with Crippen LogP contribution in [0.15, 0.2) is 47.1 Å². The largest absolute Gasteiger partial charge is 0.466 e. The van der Waals surface area contributed by atoms with E-state index in [1.807, 2.05) is 0 Å². The van der Waals surface area contributed by atoms with E-state index in [0.717, 1.165) is 4.90 Å². The molecule has 11 heteroatoms. The summed E-state index contributed by atoms with van der Waals surface area (Å²) in [7, 11) is 0. The molecule has 0 bridgehead atoms. The van der Waals surface area contributed by atoms with E-state index in [2.05, 4.69) is 25.6 Å². The summed E-state index contributed by atoms with van der Waals surface area (Å²) in [6, 6.07) is 8.17. The smallest absolute Gasteiger partial charge is 0.325 e. The van der Waals surface area contributed by atoms with Crippen LogP contribution in [0.3, 0.4) is 0 Å². The predicted octanol–water partition coefficient (Wildman–Crippen LogP) is 1.90. The average molecular weight is 397 g/mol. The van der Waals surface area contributed by atoms with Crippen molar-refractivity contribution in [1.29, 1.82) is 0 Å². The van der Waals surface area contributed by atoms with Gasteiger partial charge in [-0.25, -0.2) is 9.18 Å². The maximum Gasteiger partial charge on any atom is 0.325 e. The lowest BCUT2D eigenvalue weighted by atomic mass is 9.99. The highest BCUT2D eigenvalue weighted by Gasteiger charge is 2.51. The monoisotopic (exact) mass is 397 g/mol. The van der Waals surface area contributed by atoms with Gasteiger partial charge in [0.1, 0.15) is 11.6 Å². The standard InChI is InChI=1S/C18H16FN7O3/c1-18(12-3-2-8-29-12)14(27)26(17(28)25-18)9-13-22-15(20)24-16(23-13)21-11-6-4-10(19)5-7-11/h2-8H,9H2,1H3,(H,25,28)(H3,20,21,22,23,24). The first kappa shape index (κ1) is 18.3. The molecule has 1 aromatic carbocycles. The summed E-state index contributed by atoms with van der Waals surface area (Å²) in [5.41, 5.74) is 4.94. The van der Waals surface area contributed by atoms with Crippen molar-refractivity contribution in [2.75, 3.05) is 11.1 Å². The quantitative estimate of drug-likeness (QED) is 0.555. The number of carbonyl (C=O) groups excluding carboxylic acids is 2. The fourth-order valence-electron chi connectivity index (χ4n) is 2.94. The SMILES string of the molecule is CC1(c2ccco2)NC(=O)N(Cc2nc(N)nc(Nc3ccc(F)cc3)n2)C1=O. The molecule has 29 heavy (non-hydrogen) atoms. The zero-order valence-corrected chi connectivity index (χ0v) is 15.2. The minimum Gasteiger partial charge on any atom is -0.466 e. The van der Waals surface area contributed by atoms with Crippen LogP contribution in [0.4, 0.5) is 26.8 Å². The average Bonchev–Trinajstić information content (AvgIpc) is 3.28. The molecule has 3 amide bonds. The van der Waals surface area contributed by atoms with Crippen molar-refractivity contribution < 1.29 is 18.4 Å². The Kier molecular flexibility index (Phi) is 4.34. The number of nitrogen functional groups attached to an aromatic ring is 1. The maximum absolute atomic E-state index is 13.0. The third-order valence-electron chi connectivity index (χ3n) is 4.39. The lowest BCUT2D eigenvalue weighted by molar-refractivity contribution is -0.132. The number of aromatic nitrogens is 3. The number of carbonyl (C=O) groups is 2. The second-order valence-electron chi connectivity index (χ2n) is 6.49. The lowest BCUT2D eigenvalue weighted by Crippen LogP contribution is -2.40. The molecule has 0 spiro atoms. The first-order chi connectivity index (χ1) is 13.8. The molecule has 1 aliphatic heterocycles. The van der Waals surface area contributed by atoms with E-state index < -0.39 is 17.5 Å². The number of amides is 3. The van der Waals surface area contributed by atoms with Gasteiger partial charge < -0.3 is 20.8 Å². The van der Waals surface area contributed by atoms with E-state index >= 15 is 0 Å². The number of rotatable bonds is 5. The third-order valence-corrected chi connectivity index (χ3v) is 4.39. The lowest BCUT2D eigenvalue weighted by Gasteiger charge is -2.18. The van der Waals surface area contributed by atoms with Crippen LogP contribution in [0, 0.1) is 5.82 Å². The highest BCUT2D eigenvalue weighted by atomic mass is 19.1. The second kappa shape index (κ2) is 6.86. The molecule has 3 aromatic rings. The van der Waals surface area contributed by atoms with Crippen LogP contribution in [0.5, 0.6) is 0 Å². The molecule has 0 saturated carbocycles. The maximum atomic E-state index is 13.0. The molecule has 148 valence electrons. The van der Waals surface area contributed by atoms with Gasteiger partial charge in [0, 0.05) is 5.69 Å². The molecular weight excluding hydrogens is 381 g/mol. The Bertz CT molecular complexity index is 1070. The minimum atomic E-state index is -1.33. The van der Waals surface area contributed by atoms with Gasteiger partial charge >= 0.3 is 6.03 Å². The molecule has 1 fully saturated rings. The van der Waals surface area contributed by atoms with Crippen LogP contribution in [-0.2, 0) is 16.9 Å². The molecule has 4 rings (SSSR count). The molecule has 1 unspecified atom stereocenters. The van der Waals surface area contributed by atoms with E-state index in [-0.39, 0.29) is 30.1 Å². The molecule has 1 aliphatic rings. The molecule has 1 atom stereocenters. The van der Waals surface area contributed by atoms with Crippen molar-refractivity contribution in [3.8, 4) is 0 Å². The van der Waals surface area contributed by atoms with Crippen LogP contribution >= 0.6 is 0 Å². The number of furan rings is 1. The van der Waals surface area contributed by atoms with E-state index in [9.17, 15) is 14.0 Å². The highest BCUT2D eigenvalue weighted by Crippen LogP contribution is 2.29. The Hall–Kier alpha value is -4.02. The number of hydrogen-bond donors (Lipinski definition) is 3. The van der Waals surface area contributed by atoms with Gasteiger partial charge in [-0.15, -0.1) is 0 Å². The van der Waals surface area contributed by atoms with Gasteiger partial charge in [0.05, 0.1) is 12.8 Å². The first-order valence-corrected chi connectivity index (χ1v) is 8.56. The van der Waals surface area contributed by atoms with Crippen molar-refractivity contribution >= 4 is 29.5 Å². The second-order valence-corrected chi connectivity index (χ2v) is 6.49. The summed E-state index contributed by atoms with van der Waals surface area (Å²) >= 11 is 0. The summed E-state index contributed by atoms with van der Waals surface area (Å²) < 4.78 is 18.3. The Morgan fingerprint density at radius 2 is 1.97 bits per heavy atom. The first-order valence-electron chi connectivity index (χ1n) is 8.56. The Morgan fingerprint density at radius 1 is 1.21 bits per heavy atom. The van der Waals surface area contributed by atoms with Crippen molar-refractivity contribution in [2.45, 2.75) is 19.0 Å². The Labute approximate surface area is 164 Å². The number of nitrogens with zero attached hydrogens (tertiary/aromatic N) is 4. The number of halogens is 1. The van der Waals surface area contributed by atoms with E-state index in [0.29, 0.717) is 11.4 Å². The normalized spacial score (nSPS) is 18.8. The molecular formula is C18H16FN7O3. The zero-order chi connectivity index (χ0) is 20.6. The fourth-order valence-corrected chi connectivity index (χ4v) is 2.94. The van der Waals surface area contributed by atoms with Crippen LogP contribution in [-0.4, -0.2) is 31.8 Å². The molecule has 10 nitrogen and oxygen atoms in total.